The van der Waals surface area contributed by atoms with Gasteiger partial charge in [-0.1, -0.05) is 6.92 Å². The first-order valence-corrected chi connectivity index (χ1v) is 5.68. The van der Waals surface area contributed by atoms with Gasteiger partial charge in [-0.05, 0) is 34.5 Å². The lowest BCUT2D eigenvalue weighted by Gasteiger charge is -1.96. The van der Waals surface area contributed by atoms with Crippen LogP contribution < -0.4 is 0 Å². The Labute approximate surface area is 95.2 Å². The zero-order valence-electron chi connectivity index (χ0n) is 7.67. The summed E-state index contributed by atoms with van der Waals surface area (Å²) in [6.07, 6.45) is 0.889. The number of alkyl halides is 1. The molecule has 2 aromatic heterocycles. The Morgan fingerprint density at radius 1 is 1.50 bits per heavy atom. The molecule has 3 nitrogen and oxygen atoms in total. The van der Waals surface area contributed by atoms with Crippen LogP contribution in [0.1, 0.15) is 18.3 Å². The molecule has 14 heavy (non-hydrogen) atoms. The first-order chi connectivity index (χ1) is 6.76. The maximum Gasteiger partial charge on any atom is 0.155 e. The Morgan fingerprint density at radius 2 is 2.29 bits per heavy atom. The molecule has 5 heteroatoms. The molecule has 0 amide bonds. The van der Waals surface area contributed by atoms with Crippen LogP contribution in [0.4, 0.5) is 0 Å². The lowest BCUT2D eigenvalue weighted by Crippen LogP contribution is -1.95. The van der Waals surface area contributed by atoms with E-state index >= 15 is 0 Å². The molecule has 0 aliphatic rings. The highest BCUT2D eigenvalue weighted by Gasteiger charge is 2.08. The van der Waals surface area contributed by atoms with E-state index in [9.17, 15) is 0 Å². The molecule has 0 aliphatic heterocycles. The van der Waals surface area contributed by atoms with Gasteiger partial charge in [0.25, 0.3) is 0 Å². The van der Waals surface area contributed by atoms with Crippen molar-refractivity contribution in [2.24, 2.45) is 0 Å². The summed E-state index contributed by atoms with van der Waals surface area (Å²) >= 11 is 9.18. The van der Waals surface area contributed by atoms with Gasteiger partial charge in [0.05, 0.1) is 17.3 Å². The topological polar surface area (TPSA) is 30.2 Å². The number of fused-ring (bicyclic) bond motifs is 1. The van der Waals surface area contributed by atoms with Crippen molar-refractivity contribution in [3.8, 4) is 0 Å². The molecule has 2 rings (SSSR count). The van der Waals surface area contributed by atoms with Gasteiger partial charge in [0.2, 0.25) is 0 Å². The summed E-state index contributed by atoms with van der Waals surface area (Å²) in [5.41, 5.74) is 2.71. The molecular formula is C9H9BrClN3. The third kappa shape index (κ3) is 1.53. The fourth-order valence-electron chi connectivity index (χ4n) is 1.29. The van der Waals surface area contributed by atoms with Crippen molar-refractivity contribution in [1.82, 2.24) is 14.6 Å². The third-order valence-corrected chi connectivity index (χ3v) is 3.08. The summed E-state index contributed by atoms with van der Waals surface area (Å²) in [7, 11) is 0. The fraction of sp³-hybridized carbons (Fsp3) is 0.333. The minimum Gasteiger partial charge on any atom is -0.231 e. The van der Waals surface area contributed by atoms with Crippen LogP contribution in [0, 0.1) is 0 Å². The molecule has 0 saturated heterocycles. The number of aryl methyl sites for hydroxylation is 1. The second-order valence-electron chi connectivity index (χ2n) is 2.93. The van der Waals surface area contributed by atoms with E-state index in [1.54, 1.807) is 4.52 Å². The quantitative estimate of drug-likeness (QED) is 0.788. The average Bonchev–Trinajstić information content (AvgIpc) is 2.55. The molecule has 2 heterocycles. The lowest BCUT2D eigenvalue weighted by atomic mass is 10.4. The molecule has 0 atom stereocenters. The van der Waals surface area contributed by atoms with Crippen molar-refractivity contribution in [3.63, 3.8) is 0 Å². The molecule has 0 radical (unpaired) electrons. The largest absolute Gasteiger partial charge is 0.231 e. The van der Waals surface area contributed by atoms with Crippen LogP contribution in [0.25, 0.3) is 5.65 Å². The second kappa shape index (κ2) is 3.87. The highest BCUT2D eigenvalue weighted by atomic mass is 79.9. The summed E-state index contributed by atoms with van der Waals surface area (Å²) in [4.78, 5) is 4.42. The van der Waals surface area contributed by atoms with Crippen molar-refractivity contribution in [2.45, 2.75) is 19.2 Å². The van der Waals surface area contributed by atoms with Gasteiger partial charge < -0.3 is 0 Å². The van der Waals surface area contributed by atoms with E-state index in [-0.39, 0.29) is 0 Å². The number of rotatable bonds is 2. The Hall–Kier alpha value is -0.610. The van der Waals surface area contributed by atoms with E-state index < -0.39 is 0 Å². The van der Waals surface area contributed by atoms with Crippen LogP contribution in [0.3, 0.4) is 0 Å². The summed E-state index contributed by atoms with van der Waals surface area (Å²) in [5, 5.41) is 4.34. The maximum absolute atomic E-state index is 5.71. The molecule has 0 fully saturated rings. The van der Waals surface area contributed by atoms with Gasteiger partial charge in [0, 0.05) is 0 Å². The predicted molar refractivity (Wildman–Crippen MR) is 59.6 cm³/mol. The van der Waals surface area contributed by atoms with Gasteiger partial charge >= 0.3 is 0 Å². The van der Waals surface area contributed by atoms with Crippen LogP contribution in [0.15, 0.2) is 16.7 Å². The second-order valence-corrected chi connectivity index (χ2v) is 3.95. The molecule has 0 aliphatic carbocycles. The van der Waals surface area contributed by atoms with E-state index in [1.807, 2.05) is 12.1 Å². The van der Waals surface area contributed by atoms with Crippen molar-refractivity contribution in [3.05, 3.63) is 28.1 Å². The monoisotopic (exact) mass is 273 g/mol. The van der Waals surface area contributed by atoms with Crippen molar-refractivity contribution in [1.29, 1.82) is 0 Å². The summed E-state index contributed by atoms with van der Waals surface area (Å²) < 4.78 is 2.69. The Kier molecular flexibility index (Phi) is 2.74. The molecule has 74 valence electrons. The van der Waals surface area contributed by atoms with Crippen molar-refractivity contribution >= 4 is 33.2 Å². The van der Waals surface area contributed by atoms with E-state index in [4.69, 9.17) is 11.6 Å². The van der Waals surface area contributed by atoms with Gasteiger partial charge in [-0.3, -0.25) is 0 Å². The first-order valence-electron chi connectivity index (χ1n) is 4.35. The number of aromatic nitrogens is 3. The minimum atomic E-state index is 0.419. The van der Waals surface area contributed by atoms with Gasteiger partial charge in [0.1, 0.15) is 4.60 Å². The molecular weight excluding hydrogens is 265 g/mol. The third-order valence-electron chi connectivity index (χ3n) is 2.02. The summed E-state index contributed by atoms with van der Waals surface area (Å²) in [6.45, 7) is 2.06. The summed E-state index contributed by atoms with van der Waals surface area (Å²) in [5.74, 6) is 0.419. The molecule has 0 aromatic carbocycles. The Balaban J connectivity index is 2.68. The van der Waals surface area contributed by atoms with Gasteiger partial charge in [-0.2, -0.15) is 5.10 Å². The van der Waals surface area contributed by atoms with Crippen LogP contribution in [-0.4, -0.2) is 14.6 Å². The summed E-state index contributed by atoms with van der Waals surface area (Å²) in [6, 6.07) is 3.82. The minimum absolute atomic E-state index is 0.419. The number of hydrogen-bond acceptors (Lipinski definition) is 2. The van der Waals surface area contributed by atoms with E-state index in [1.165, 1.54) is 0 Å². The molecule has 0 saturated carbocycles. The SMILES string of the molecule is CCc1nc2ccc(CCl)nn2c1Br. The van der Waals surface area contributed by atoms with Gasteiger partial charge in [-0.25, -0.2) is 9.50 Å². The molecule has 0 bridgehead atoms. The van der Waals surface area contributed by atoms with Crippen LogP contribution in [-0.2, 0) is 12.3 Å². The number of hydrogen-bond donors (Lipinski definition) is 0. The van der Waals surface area contributed by atoms with E-state index in [2.05, 4.69) is 32.9 Å². The fourth-order valence-corrected chi connectivity index (χ4v) is 2.06. The van der Waals surface area contributed by atoms with Crippen molar-refractivity contribution < 1.29 is 0 Å². The highest BCUT2D eigenvalue weighted by molar-refractivity contribution is 9.10. The molecule has 0 N–H and O–H groups in total. The lowest BCUT2D eigenvalue weighted by molar-refractivity contribution is 0.871. The smallest absolute Gasteiger partial charge is 0.155 e. The zero-order chi connectivity index (χ0) is 10.1. The van der Waals surface area contributed by atoms with Crippen LogP contribution >= 0.6 is 27.5 Å². The van der Waals surface area contributed by atoms with Crippen molar-refractivity contribution in [2.75, 3.05) is 0 Å². The van der Waals surface area contributed by atoms with Crippen LogP contribution in [0.2, 0.25) is 0 Å². The van der Waals surface area contributed by atoms with E-state index in [0.29, 0.717) is 5.88 Å². The standard InChI is InChI=1S/C9H9BrClN3/c1-2-7-9(10)14-8(12-7)4-3-6(5-11)13-14/h3-4H,2,5H2,1H3. The highest BCUT2D eigenvalue weighted by Crippen LogP contribution is 2.18. The molecule has 2 aromatic rings. The zero-order valence-corrected chi connectivity index (χ0v) is 10.0. The molecule has 0 spiro atoms. The number of nitrogens with zero attached hydrogens (tertiary/aromatic N) is 3. The van der Waals surface area contributed by atoms with Gasteiger partial charge in [0.15, 0.2) is 5.65 Å². The molecule has 0 unspecified atom stereocenters. The van der Waals surface area contributed by atoms with E-state index in [0.717, 1.165) is 28.1 Å². The Bertz CT molecular complexity index is 466. The maximum atomic E-state index is 5.71. The Morgan fingerprint density at radius 3 is 2.93 bits per heavy atom. The van der Waals surface area contributed by atoms with Gasteiger partial charge in [-0.15, -0.1) is 11.6 Å². The predicted octanol–water partition coefficient (Wildman–Crippen LogP) is 2.79. The number of halogens is 2. The van der Waals surface area contributed by atoms with Crippen LogP contribution in [0.5, 0.6) is 0 Å². The number of imidazole rings is 1. The normalized spacial score (nSPS) is 11.1. The average molecular weight is 275 g/mol. The first kappa shape index (κ1) is 9.93.